The molecule has 1 aliphatic carbocycles. The monoisotopic (exact) mass is 253 g/mol. The number of hydrogen-bond donors (Lipinski definition) is 1. The van der Waals surface area contributed by atoms with Crippen LogP contribution >= 0.6 is 0 Å². The summed E-state index contributed by atoms with van der Waals surface area (Å²) in [5, 5.41) is 0. The van der Waals surface area contributed by atoms with Gasteiger partial charge in [0.2, 0.25) is 5.91 Å². The zero-order chi connectivity index (χ0) is 13.1. The standard InChI is InChI=1S/C14H27N3O/c1-3-11(2)13(15)14(18)17-8-6-16(7-9-17)10-12-4-5-12/h11-13H,3-10,15H2,1-2H3/t11?,13-/m0/s1. The summed E-state index contributed by atoms with van der Waals surface area (Å²) in [7, 11) is 0. The highest BCUT2D eigenvalue weighted by Gasteiger charge is 2.30. The SMILES string of the molecule is CCC(C)[C@H](N)C(=O)N1CCN(CC2CC2)CC1. The second kappa shape index (κ2) is 6.02. The zero-order valence-electron chi connectivity index (χ0n) is 11.8. The number of nitrogens with two attached hydrogens (primary N) is 1. The van der Waals surface area contributed by atoms with E-state index in [2.05, 4.69) is 18.7 Å². The van der Waals surface area contributed by atoms with Gasteiger partial charge in [0, 0.05) is 32.7 Å². The Morgan fingerprint density at radius 3 is 2.39 bits per heavy atom. The minimum Gasteiger partial charge on any atom is -0.339 e. The quantitative estimate of drug-likeness (QED) is 0.792. The van der Waals surface area contributed by atoms with Crippen molar-refractivity contribution in [3.8, 4) is 0 Å². The van der Waals surface area contributed by atoms with Crippen LogP contribution in [0.25, 0.3) is 0 Å². The molecule has 1 saturated heterocycles. The zero-order valence-corrected chi connectivity index (χ0v) is 11.8. The van der Waals surface area contributed by atoms with Crippen molar-refractivity contribution in [2.24, 2.45) is 17.6 Å². The van der Waals surface area contributed by atoms with Gasteiger partial charge in [-0.3, -0.25) is 9.69 Å². The van der Waals surface area contributed by atoms with Gasteiger partial charge in [0.15, 0.2) is 0 Å². The maximum atomic E-state index is 12.2. The molecule has 2 fully saturated rings. The lowest BCUT2D eigenvalue weighted by Crippen LogP contribution is -2.54. The van der Waals surface area contributed by atoms with E-state index in [1.165, 1.54) is 19.4 Å². The van der Waals surface area contributed by atoms with Gasteiger partial charge in [0.25, 0.3) is 0 Å². The van der Waals surface area contributed by atoms with E-state index in [-0.39, 0.29) is 17.9 Å². The Morgan fingerprint density at radius 2 is 1.89 bits per heavy atom. The van der Waals surface area contributed by atoms with E-state index in [0.717, 1.165) is 38.5 Å². The third-order valence-electron chi connectivity index (χ3n) is 4.44. The molecule has 4 heteroatoms. The van der Waals surface area contributed by atoms with E-state index < -0.39 is 0 Å². The lowest BCUT2D eigenvalue weighted by Gasteiger charge is -2.36. The largest absolute Gasteiger partial charge is 0.339 e. The molecular weight excluding hydrogens is 226 g/mol. The number of carbonyl (C=O) groups excluding carboxylic acids is 1. The van der Waals surface area contributed by atoms with Crippen molar-refractivity contribution in [1.82, 2.24) is 9.80 Å². The van der Waals surface area contributed by atoms with Crippen LogP contribution in [0.1, 0.15) is 33.1 Å². The molecule has 1 saturated carbocycles. The molecule has 4 nitrogen and oxygen atoms in total. The summed E-state index contributed by atoms with van der Waals surface area (Å²) in [5.74, 6) is 1.37. The first kappa shape index (κ1) is 13.8. The smallest absolute Gasteiger partial charge is 0.239 e. The lowest BCUT2D eigenvalue weighted by molar-refractivity contribution is -0.135. The first-order valence-electron chi connectivity index (χ1n) is 7.38. The summed E-state index contributed by atoms with van der Waals surface area (Å²) in [6.45, 7) is 9.15. The third-order valence-corrected chi connectivity index (χ3v) is 4.44. The number of piperazine rings is 1. The Morgan fingerprint density at radius 1 is 1.28 bits per heavy atom. The normalized spacial score (nSPS) is 24.9. The van der Waals surface area contributed by atoms with Gasteiger partial charge < -0.3 is 10.6 Å². The van der Waals surface area contributed by atoms with Gasteiger partial charge in [-0.15, -0.1) is 0 Å². The van der Waals surface area contributed by atoms with Gasteiger partial charge in [-0.1, -0.05) is 20.3 Å². The second-order valence-corrected chi connectivity index (χ2v) is 5.98. The molecule has 104 valence electrons. The Bertz CT molecular complexity index is 283. The first-order valence-corrected chi connectivity index (χ1v) is 7.38. The molecular formula is C14H27N3O. The van der Waals surface area contributed by atoms with Gasteiger partial charge >= 0.3 is 0 Å². The third kappa shape index (κ3) is 3.45. The van der Waals surface area contributed by atoms with Crippen LogP contribution in [0.4, 0.5) is 0 Å². The van der Waals surface area contributed by atoms with Crippen LogP contribution in [0.5, 0.6) is 0 Å². The van der Waals surface area contributed by atoms with E-state index in [9.17, 15) is 4.79 Å². The Hall–Kier alpha value is -0.610. The van der Waals surface area contributed by atoms with Crippen LogP contribution in [0.3, 0.4) is 0 Å². The maximum Gasteiger partial charge on any atom is 0.239 e. The van der Waals surface area contributed by atoms with E-state index in [0.29, 0.717) is 0 Å². The predicted octanol–water partition coefficient (Wildman–Crippen LogP) is 0.914. The van der Waals surface area contributed by atoms with Gasteiger partial charge in [0.05, 0.1) is 6.04 Å². The fraction of sp³-hybridized carbons (Fsp3) is 0.929. The molecule has 1 amide bonds. The number of rotatable bonds is 5. The molecule has 2 N–H and O–H groups in total. The number of carbonyl (C=O) groups is 1. The van der Waals surface area contributed by atoms with E-state index >= 15 is 0 Å². The molecule has 18 heavy (non-hydrogen) atoms. The molecule has 2 atom stereocenters. The molecule has 0 spiro atoms. The fourth-order valence-electron chi connectivity index (χ4n) is 2.52. The molecule has 1 aliphatic heterocycles. The minimum absolute atomic E-state index is 0.149. The van der Waals surface area contributed by atoms with Crippen LogP contribution in [0.2, 0.25) is 0 Å². The second-order valence-electron chi connectivity index (χ2n) is 5.98. The van der Waals surface area contributed by atoms with Crippen molar-refractivity contribution in [2.45, 2.75) is 39.2 Å². The van der Waals surface area contributed by atoms with Crippen LogP contribution in [0, 0.1) is 11.8 Å². The topological polar surface area (TPSA) is 49.6 Å². The van der Waals surface area contributed by atoms with Crippen molar-refractivity contribution in [3.63, 3.8) is 0 Å². The average Bonchev–Trinajstić information content (AvgIpc) is 3.21. The number of amides is 1. The predicted molar refractivity (Wildman–Crippen MR) is 73.2 cm³/mol. The first-order chi connectivity index (χ1) is 8.61. The fourth-order valence-corrected chi connectivity index (χ4v) is 2.52. The Kier molecular flexibility index (Phi) is 4.62. The van der Waals surface area contributed by atoms with Gasteiger partial charge in [-0.25, -0.2) is 0 Å². The Balaban J connectivity index is 1.75. The summed E-state index contributed by atoms with van der Waals surface area (Å²) < 4.78 is 0. The summed E-state index contributed by atoms with van der Waals surface area (Å²) in [6.07, 6.45) is 3.77. The molecule has 0 aromatic carbocycles. The summed E-state index contributed by atoms with van der Waals surface area (Å²) in [4.78, 5) is 16.7. The van der Waals surface area contributed by atoms with Crippen LogP contribution in [-0.4, -0.2) is 54.5 Å². The minimum atomic E-state index is -0.315. The van der Waals surface area contributed by atoms with Crippen molar-refractivity contribution in [1.29, 1.82) is 0 Å². The van der Waals surface area contributed by atoms with Crippen LogP contribution < -0.4 is 5.73 Å². The van der Waals surface area contributed by atoms with Crippen molar-refractivity contribution < 1.29 is 4.79 Å². The van der Waals surface area contributed by atoms with E-state index in [1.807, 2.05) is 4.90 Å². The molecule has 0 bridgehead atoms. The van der Waals surface area contributed by atoms with Crippen molar-refractivity contribution in [3.05, 3.63) is 0 Å². The molecule has 1 unspecified atom stereocenters. The lowest BCUT2D eigenvalue weighted by atomic mass is 9.98. The molecule has 1 heterocycles. The van der Waals surface area contributed by atoms with Gasteiger partial charge in [-0.2, -0.15) is 0 Å². The van der Waals surface area contributed by atoms with Gasteiger partial charge in [-0.05, 0) is 24.7 Å². The molecule has 0 radical (unpaired) electrons. The van der Waals surface area contributed by atoms with Crippen LogP contribution in [0.15, 0.2) is 0 Å². The molecule has 2 aliphatic rings. The molecule has 0 aromatic heterocycles. The summed E-state index contributed by atoms with van der Waals surface area (Å²) in [6, 6.07) is -0.315. The highest BCUT2D eigenvalue weighted by Crippen LogP contribution is 2.29. The highest BCUT2D eigenvalue weighted by molar-refractivity contribution is 5.82. The molecule has 2 rings (SSSR count). The molecule has 0 aromatic rings. The Labute approximate surface area is 110 Å². The maximum absolute atomic E-state index is 12.2. The number of hydrogen-bond acceptors (Lipinski definition) is 3. The van der Waals surface area contributed by atoms with Crippen molar-refractivity contribution in [2.75, 3.05) is 32.7 Å². The van der Waals surface area contributed by atoms with E-state index in [4.69, 9.17) is 5.73 Å². The summed E-state index contributed by atoms with van der Waals surface area (Å²) >= 11 is 0. The summed E-state index contributed by atoms with van der Waals surface area (Å²) in [5.41, 5.74) is 6.02. The average molecular weight is 253 g/mol. The highest BCUT2D eigenvalue weighted by atomic mass is 16.2. The van der Waals surface area contributed by atoms with E-state index in [1.54, 1.807) is 0 Å². The van der Waals surface area contributed by atoms with Crippen LogP contribution in [-0.2, 0) is 4.79 Å². The number of nitrogens with zero attached hydrogens (tertiary/aromatic N) is 2. The van der Waals surface area contributed by atoms with Crippen molar-refractivity contribution >= 4 is 5.91 Å². The van der Waals surface area contributed by atoms with Gasteiger partial charge in [0.1, 0.15) is 0 Å².